The molecular weight excluding hydrogens is 245 g/mol. The number of hydrogen-bond donors (Lipinski definition) is 6. The Labute approximate surface area is 101 Å². The Bertz CT molecular complexity index is 506. The summed E-state index contributed by atoms with van der Waals surface area (Å²) in [5, 5.41) is 31.0. The van der Waals surface area contributed by atoms with Gasteiger partial charge in [-0.25, -0.2) is 4.39 Å². The summed E-state index contributed by atoms with van der Waals surface area (Å²) >= 11 is 0. The predicted octanol–water partition coefficient (Wildman–Crippen LogP) is -2.18. The van der Waals surface area contributed by atoms with Crippen LogP contribution in [0.2, 0.25) is 0 Å². The van der Waals surface area contributed by atoms with Gasteiger partial charge in [-0.2, -0.15) is 0 Å². The van der Waals surface area contributed by atoms with Gasteiger partial charge in [-0.05, 0) is 6.07 Å². The van der Waals surface area contributed by atoms with Crippen LogP contribution in [0.25, 0.3) is 0 Å². The summed E-state index contributed by atoms with van der Waals surface area (Å²) < 4.78 is 13.3. The maximum atomic E-state index is 13.3. The fourth-order valence-electron chi connectivity index (χ4n) is 2.06. The number of pyridine rings is 1. The first-order valence-electron chi connectivity index (χ1n) is 5.37. The van der Waals surface area contributed by atoms with E-state index in [1.54, 1.807) is 0 Å². The molecular formula is C10H14FN3O4. The van der Waals surface area contributed by atoms with E-state index in [0.717, 1.165) is 6.07 Å². The molecule has 0 bridgehead atoms. The molecule has 8 heteroatoms. The molecule has 2 rings (SSSR count). The standard InChI is InChI=1S/C10H14FN3O4/c11-4-1-3(10(18)14-9(4)12)6-8(17)7(16)5(2-15)13-6/h1,5-8,13,15-17H,2H2,(H3,12,14,18)/t5-,6?,7-,8+/m1/s1. The molecule has 0 saturated carbocycles. The monoisotopic (exact) mass is 259 g/mol. The second kappa shape index (κ2) is 4.65. The zero-order chi connectivity index (χ0) is 13.4. The van der Waals surface area contributed by atoms with Crippen LogP contribution in [0.5, 0.6) is 0 Å². The van der Waals surface area contributed by atoms with Gasteiger partial charge in [-0.1, -0.05) is 0 Å². The van der Waals surface area contributed by atoms with Crippen LogP contribution in [0.1, 0.15) is 11.6 Å². The average Bonchev–Trinajstić information content (AvgIpc) is 2.61. The fraction of sp³-hybridized carbons (Fsp3) is 0.500. The summed E-state index contributed by atoms with van der Waals surface area (Å²) in [7, 11) is 0. The van der Waals surface area contributed by atoms with Crippen LogP contribution in [0.15, 0.2) is 10.9 Å². The molecule has 1 unspecified atom stereocenters. The lowest BCUT2D eigenvalue weighted by Crippen LogP contribution is -2.36. The van der Waals surface area contributed by atoms with Gasteiger partial charge in [0.25, 0.3) is 5.56 Å². The third-order valence-electron chi connectivity index (χ3n) is 3.08. The van der Waals surface area contributed by atoms with Gasteiger partial charge in [0, 0.05) is 5.56 Å². The summed E-state index contributed by atoms with van der Waals surface area (Å²) in [5.74, 6) is -1.21. The van der Waals surface area contributed by atoms with Crippen LogP contribution in [0.3, 0.4) is 0 Å². The fourth-order valence-corrected chi connectivity index (χ4v) is 2.06. The highest BCUT2D eigenvalue weighted by Crippen LogP contribution is 2.26. The lowest BCUT2D eigenvalue weighted by atomic mass is 10.0. The first-order chi connectivity index (χ1) is 8.45. The molecule has 2 heterocycles. The molecule has 7 N–H and O–H groups in total. The van der Waals surface area contributed by atoms with Gasteiger partial charge in [-0.15, -0.1) is 0 Å². The van der Waals surface area contributed by atoms with Gasteiger partial charge in [-0.3, -0.25) is 4.79 Å². The third-order valence-corrected chi connectivity index (χ3v) is 3.08. The lowest BCUT2D eigenvalue weighted by Gasteiger charge is -2.15. The first-order valence-corrected chi connectivity index (χ1v) is 5.37. The number of rotatable bonds is 2. The number of aromatic nitrogens is 1. The van der Waals surface area contributed by atoms with Gasteiger partial charge >= 0.3 is 0 Å². The van der Waals surface area contributed by atoms with Crippen LogP contribution in [-0.4, -0.2) is 45.2 Å². The highest BCUT2D eigenvalue weighted by Gasteiger charge is 2.42. The quantitative estimate of drug-likeness (QED) is 0.358. The average molecular weight is 259 g/mol. The summed E-state index contributed by atoms with van der Waals surface area (Å²) in [5.41, 5.74) is 4.47. The second-order valence-corrected chi connectivity index (χ2v) is 4.23. The number of nitrogen functional groups attached to an aromatic ring is 1. The van der Waals surface area contributed by atoms with Gasteiger partial charge in [0.15, 0.2) is 5.82 Å². The van der Waals surface area contributed by atoms with Crippen molar-refractivity contribution in [3.8, 4) is 0 Å². The van der Waals surface area contributed by atoms with Crippen LogP contribution < -0.4 is 16.6 Å². The Morgan fingerprint density at radius 3 is 2.61 bits per heavy atom. The van der Waals surface area contributed by atoms with Crippen molar-refractivity contribution >= 4 is 5.82 Å². The van der Waals surface area contributed by atoms with Crippen molar-refractivity contribution in [3.63, 3.8) is 0 Å². The van der Waals surface area contributed by atoms with Crippen molar-refractivity contribution in [2.45, 2.75) is 24.3 Å². The highest BCUT2D eigenvalue weighted by atomic mass is 19.1. The number of aromatic amines is 1. The Morgan fingerprint density at radius 2 is 2.06 bits per heavy atom. The van der Waals surface area contributed by atoms with Gasteiger partial charge in [0.2, 0.25) is 0 Å². The van der Waals surface area contributed by atoms with E-state index in [4.69, 9.17) is 10.8 Å². The van der Waals surface area contributed by atoms with Crippen LogP contribution in [-0.2, 0) is 0 Å². The van der Waals surface area contributed by atoms with E-state index in [2.05, 4.69) is 10.3 Å². The maximum Gasteiger partial charge on any atom is 0.254 e. The highest BCUT2D eigenvalue weighted by molar-refractivity contribution is 5.34. The van der Waals surface area contributed by atoms with Crippen molar-refractivity contribution in [3.05, 3.63) is 27.8 Å². The molecule has 1 aliphatic rings. The van der Waals surface area contributed by atoms with E-state index in [-0.39, 0.29) is 5.56 Å². The van der Waals surface area contributed by atoms with Gasteiger partial charge in [0.1, 0.15) is 11.9 Å². The van der Waals surface area contributed by atoms with Crippen molar-refractivity contribution in [1.82, 2.24) is 10.3 Å². The minimum absolute atomic E-state index is 0.0794. The third kappa shape index (κ3) is 1.99. The number of aliphatic hydroxyl groups excluding tert-OH is 3. The van der Waals surface area contributed by atoms with Crippen molar-refractivity contribution in [2.75, 3.05) is 12.3 Å². The zero-order valence-corrected chi connectivity index (χ0v) is 9.30. The van der Waals surface area contributed by atoms with Gasteiger partial charge in [0.05, 0.1) is 24.8 Å². The predicted molar refractivity (Wildman–Crippen MR) is 60.2 cm³/mol. The van der Waals surface area contributed by atoms with E-state index in [1.807, 2.05) is 0 Å². The number of hydrogen-bond acceptors (Lipinski definition) is 6. The molecule has 1 saturated heterocycles. The smallest absolute Gasteiger partial charge is 0.254 e. The van der Waals surface area contributed by atoms with E-state index >= 15 is 0 Å². The molecule has 0 aliphatic carbocycles. The Morgan fingerprint density at radius 1 is 1.39 bits per heavy atom. The molecule has 1 aliphatic heterocycles. The summed E-state index contributed by atoms with van der Waals surface area (Å²) in [4.78, 5) is 13.7. The number of anilines is 1. The molecule has 1 aromatic heterocycles. The molecule has 100 valence electrons. The zero-order valence-electron chi connectivity index (χ0n) is 9.30. The molecule has 18 heavy (non-hydrogen) atoms. The summed E-state index contributed by atoms with van der Waals surface area (Å²) in [6.07, 6.45) is -2.55. The number of nitrogens with two attached hydrogens (primary N) is 1. The van der Waals surface area contributed by atoms with E-state index in [1.165, 1.54) is 0 Å². The Balaban J connectivity index is 2.39. The molecule has 0 spiro atoms. The number of aliphatic hydroxyl groups is 3. The molecule has 1 aromatic rings. The van der Waals surface area contributed by atoms with Crippen LogP contribution in [0.4, 0.5) is 10.2 Å². The molecule has 7 nitrogen and oxygen atoms in total. The molecule has 4 atom stereocenters. The number of halogens is 1. The maximum absolute atomic E-state index is 13.3. The number of H-pyrrole nitrogens is 1. The van der Waals surface area contributed by atoms with Crippen molar-refractivity contribution in [2.24, 2.45) is 0 Å². The molecule has 0 radical (unpaired) electrons. The van der Waals surface area contributed by atoms with Crippen LogP contribution in [0, 0.1) is 5.82 Å². The largest absolute Gasteiger partial charge is 0.395 e. The topological polar surface area (TPSA) is 132 Å². The lowest BCUT2D eigenvalue weighted by molar-refractivity contribution is 0.0193. The minimum atomic E-state index is -1.31. The molecule has 1 fully saturated rings. The van der Waals surface area contributed by atoms with Crippen molar-refractivity contribution < 1.29 is 19.7 Å². The summed E-state index contributed by atoms with van der Waals surface area (Å²) in [6, 6.07) is -0.831. The summed E-state index contributed by atoms with van der Waals surface area (Å²) in [6.45, 7) is -0.413. The number of nitrogens with one attached hydrogen (secondary N) is 2. The van der Waals surface area contributed by atoms with Crippen molar-refractivity contribution in [1.29, 1.82) is 0 Å². The minimum Gasteiger partial charge on any atom is -0.395 e. The molecule has 0 aromatic carbocycles. The second-order valence-electron chi connectivity index (χ2n) is 4.23. The van der Waals surface area contributed by atoms with E-state index in [0.29, 0.717) is 0 Å². The van der Waals surface area contributed by atoms with Gasteiger partial charge < -0.3 is 31.4 Å². The normalized spacial score (nSPS) is 31.8. The van der Waals surface area contributed by atoms with Crippen LogP contribution >= 0.6 is 0 Å². The molecule has 0 amide bonds. The van der Waals surface area contributed by atoms with E-state index in [9.17, 15) is 19.4 Å². The SMILES string of the molecule is Nc1[nH]c(=O)c(C2N[C@H](CO)[C@@H](O)[C@H]2O)cc1F. The Hall–Kier alpha value is -1.48. The Kier molecular flexibility index (Phi) is 3.35. The first kappa shape index (κ1) is 13.0. The van der Waals surface area contributed by atoms with E-state index < -0.39 is 48.1 Å².